The molecule has 0 radical (unpaired) electrons. The number of thiophene rings is 1. The van der Waals surface area contributed by atoms with Crippen LogP contribution in [0.3, 0.4) is 0 Å². The minimum absolute atomic E-state index is 0.00428. The van der Waals surface area contributed by atoms with Gasteiger partial charge in [-0.1, -0.05) is 36.8 Å². The zero-order valence-electron chi connectivity index (χ0n) is 17.2. The van der Waals surface area contributed by atoms with E-state index in [1.54, 1.807) is 12.4 Å². The van der Waals surface area contributed by atoms with E-state index in [4.69, 9.17) is 20.8 Å². The van der Waals surface area contributed by atoms with Crippen molar-refractivity contribution in [2.24, 2.45) is 0 Å². The molecule has 1 atom stereocenters. The van der Waals surface area contributed by atoms with Crippen molar-refractivity contribution in [3.05, 3.63) is 42.7 Å². The van der Waals surface area contributed by atoms with E-state index in [1.807, 2.05) is 30.3 Å². The molecule has 4 aromatic rings. The highest BCUT2D eigenvalue weighted by Gasteiger charge is 2.30. The van der Waals surface area contributed by atoms with Crippen molar-refractivity contribution in [1.29, 1.82) is 0 Å². The third kappa shape index (κ3) is 3.85. The fourth-order valence-corrected chi connectivity index (χ4v) is 6.71. The van der Waals surface area contributed by atoms with Gasteiger partial charge < -0.3 is 16.2 Å². The van der Waals surface area contributed by atoms with Crippen LogP contribution in [0.2, 0.25) is 0 Å². The maximum atomic E-state index is 13.1. The molecule has 3 heterocycles. The van der Waals surface area contributed by atoms with Gasteiger partial charge in [-0.15, -0.1) is 11.3 Å². The Morgan fingerprint density at radius 1 is 1.12 bits per heavy atom. The van der Waals surface area contributed by atoms with Crippen molar-refractivity contribution in [2.75, 3.05) is 24.2 Å². The Labute approximate surface area is 191 Å². The highest BCUT2D eigenvalue weighted by molar-refractivity contribution is 7.88. The number of nitrogens with two attached hydrogens (primary N) is 1. The highest BCUT2D eigenvalue weighted by atomic mass is 32.2. The quantitative estimate of drug-likeness (QED) is 0.378. The van der Waals surface area contributed by atoms with Gasteiger partial charge in [-0.05, 0) is 12.8 Å². The molecule has 0 aliphatic heterocycles. The molecule has 5 rings (SSSR count). The number of nitrogens with zero attached hydrogens (tertiary/aromatic N) is 4. The Morgan fingerprint density at radius 2 is 1.88 bits per heavy atom. The first-order chi connectivity index (χ1) is 15.7. The van der Waals surface area contributed by atoms with E-state index in [2.05, 4.69) is 15.3 Å². The number of hydrogen-bond donors (Lipinski definition) is 3. The molecule has 8 nitrogen and oxygen atoms in total. The van der Waals surface area contributed by atoms with Gasteiger partial charge >= 0.3 is 0 Å². The summed E-state index contributed by atoms with van der Waals surface area (Å²) in [7, 11) is -1.14. The SMILES string of the molecule is Nc1c(S(=O)C2CCC2)sc2nc(-c3cnc(NCCO)nc3)nc(-c3ccccc3)c12. The summed E-state index contributed by atoms with van der Waals surface area (Å²) in [5.41, 5.74) is 9.33. The van der Waals surface area contributed by atoms with E-state index in [0.29, 0.717) is 44.3 Å². The molecule has 4 N–H and O–H groups in total. The first-order valence-corrected chi connectivity index (χ1v) is 12.4. The summed E-state index contributed by atoms with van der Waals surface area (Å²) in [4.78, 5) is 18.8. The van der Waals surface area contributed by atoms with Crippen molar-refractivity contribution in [3.63, 3.8) is 0 Å². The number of aromatic nitrogens is 4. The standard InChI is InChI=1S/C22H22N6O2S2/c23-17-16-18(13-5-2-1-3-6-13)27-19(14-11-25-22(26-12-14)24-9-10-29)28-20(16)31-21(17)32(30)15-7-4-8-15/h1-3,5-6,11-12,15,29H,4,7-10,23H2,(H,24,25,26). The van der Waals surface area contributed by atoms with Crippen LogP contribution in [-0.2, 0) is 10.8 Å². The molecule has 1 aliphatic rings. The van der Waals surface area contributed by atoms with Gasteiger partial charge in [0.05, 0.1) is 39.7 Å². The van der Waals surface area contributed by atoms with Crippen LogP contribution < -0.4 is 11.1 Å². The first-order valence-electron chi connectivity index (χ1n) is 10.4. The molecule has 0 bridgehead atoms. The van der Waals surface area contributed by atoms with E-state index < -0.39 is 10.8 Å². The molecule has 1 unspecified atom stereocenters. The van der Waals surface area contributed by atoms with Crippen LogP contribution in [0.15, 0.2) is 46.9 Å². The minimum Gasteiger partial charge on any atom is -0.396 e. The summed E-state index contributed by atoms with van der Waals surface area (Å²) >= 11 is 1.38. The third-order valence-electron chi connectivity index (χ3n) is 5.44. The predicted octanol–water partition coefficient (Wildman–Crippen LogP) is 3.46. The molecule has 1 saturated carbocycles. The number of aliphatic hydroxyl groups is 1. The molecule has 1 aromatic carbocycles. The van der Waals surface area contributed by atoms with Crippen LogP contribution in [0.1, 0.15) is 19.3 Å². The highest BCUT2D eigenvalue weighted by Crippen LogP contribution is 2.43. The number of nitrogen functional groups attached to an aromatic ring is 1. The number of benzene rings is 1. The zero-order chi connectivity index (χ0) is 22.1. The summed E-state index contributed by atoms with van der Waals surface area (Å²) in [5, 5.41) is 12.8. The fourth-order valence-electron chi connectivity index (χ4n) is 3.52. The zero-order valence-corrected chi connectivity index (χ0v) is 18.8. The van der Waals surface area contributed by atoms with Gasteiger partial charge in [0.15, 0.2) is 5.82 Å². The van der Waals surface area contributed by atoms with Gasteiger partial charge in [0, 0.05) is 29.8 Å². The number of anilines is 2. The minimum atomic E-state index is -1.14. The van der Waals surface area contributed by atoms with Crippen LogP contribution in [-0.4, -0.2) is 47.7 Å². The Morgan fingerprint density at radius 3 is 2.53 bits per heavy atom. The first kappa shape index (κ1) is 20.9. The molecule has 1 fully saturated rings. The van der Waals surface area contributed by atoms with Gasteiger partial charge in [-0.3, -0.25) is 4.21 Å². The van der Waals surface area contributed by atoms with E-state index in [9.17, 15) is 4.21 Å². The molecule has 3 aromatic heterocycles. The number of nitrogens with one attached hydrogen (secondary N) is 1. The van der Waals surface area contributed by atoms with Crippen LogP contribution >= 0.6 is 11.3 Å². The second kappa shape index (κ2) is 8.89. The number of hydrogen-bond acceptors (Lipinski definition) is 9. The smallest absolute Gasteiger partial charge is 0.222 e. The van der Waals surface area contributed by atoms with Crippen molar-refractivity contribution >= 4 is 44.0 Å². The van der Waals surface area contributed by atoms with E-state index in [1.165, 1.54) is 11.3 Å². The average Bonchev–Trinajstić information content (AvgIpc) is 3.13. The lowest BCUT2D eigenvalue weighted by atomic mass is 10.0. The summed E-state index contributed by atoms with van der Waals surface area (Å²) in [6.45, 7) is 0.366. The summed E-state index contributed by atoms with van der Waals surface area (Å²) in [6.07, 6.45) is 6.34. The fraction of sp³-hybridized carbons (Fsp3) is 0.273. The largest absolute Gasteiger partial charge is 0.396 e. The van der Waals surface area contributed by atoms with Gasteiger partial charge in [0.25, 0.3) is 0 Å². The lowest BCUT2D eigenvalue weighted by molar-refractivity contribution is 0.311. The van der Waals surface area contributed by atoms with Gasteiger partial charge in [0.1, 0.15) is 9.04 Å². The Bertz CT molecular complexity index is 1270. The molecule has 0 amide bonds. The lowest BCUT2D eigenvalue weighted by Crippen LogP contribution is -2.23. The third-order valence-corrected chi connectivity index (χ3v) is 8.74. The van der Waals surface area contributed by atoms with Gasteiger partial charge in [-0.2, -0.15) is 0 Å². The second-order valence-electron chi connectivity index (χ2n) is 7.54. The van der Waals surface area contributed by atoms with Crippen LogP contribution in [0.5, 0.6) is 0 Å². The van der Waals surface area contributed by atoms with Crippen LogP contribution in [0.4, 0.5) is 11.6 Å². The Hall–Kier alpha value is -2.95. The maximum absolute atomic E-state index is 13.1. The summed E-state index contributed by atoms with van der Waals surface area (Å²) in [6, 6.07) is 9.80. The molecule has 0 saturated heterocycles. The monoisotopic (exact) mass is 466 g/mol. The van der Waals surface area contributed by atoms with Crippen LogP contribution in [0.25, 0.3) is 32.9 Å². The van der Waals surface area contributed by atoms with Gasteiger partial charge in [0.2, 0.25) is 5.95 Å². The summed E-state index contributed by atoms with van der Waals surface area (Å²) < 4.78 is 13.8. The molecule has 0 spiro atoms. The van der Waals surface area contributed by atoms with Crippen molar-refractivity contribution in [1.82, 2.24) is 19.9 Å². The molecule has 10 heteroatoms. The number of fused-ring (bicyclic) bond motifs is 1. The maximum Gasteiger partial charge on any atom is 0.222 e. The van der Waals surface area contributed by atoms with Crippen molar-refractivity contribution < 1.29 is 9.32 Å². The molecule has 32 heavy (non-hydrogen) atoms. The van der Waals surface area contributed by atoms with Gasteiger partial charge in [-0.25, -0.2) is 19.9 Å². The van der Waals surface area contributed by atoms with Crippen molar-refractivity contribution in [3.8, 4) is 22.6 Å². The van der Waals surface area contributed by atoms with E-state index in [-0.39, 0.29) is 11.9 Å². The van der Waals surface area contributed by atoms with Crippen LogP contribution in [0, 0.1) is 0 Å². The Balaban J connectivity index is 1.64. The van der Waals surface area contributed by atoms with E-state index >= 15 is 0 Å². The second-order valence-corrected chi connectivity index (χ2v) is 10.5. The topological polar surface area (TPSA) is 127 Å². The average molecular weight is 467 g/mol. The molecular weight excluding hydrogens is 444 g/mol. The molecule has 164 valence electrons. The van der Waals surface area contributed by atoms with E-state index in [0.717, 1.165) is 30.2 Å². The summed E-state index contributed by atoms with van der Waals surface area (Å²) in [5.74, 6) is 0.901. The number of aliphatic hydroxyl groups excluding tert-OH is 1. The number of rotatable bonds is 7. The lowest BCUT2D eigenvalue weighted by Gasteiger charge is -2.23. The van der Waals surface area contributed by atoms with Crippen molar-refractivity contribution in [2.45, 2.75) is 28.7 Å². The molecule has 1 aliphatic carbocycles. The Kier molecular flexibility index (Phi) is 5.81. The normalized spacial score (nSPS) is 14.9. The predicted molar refractivity (Wildman–Crippen MR) is 128 cm³/mol. The molecular formula is C22H22N6O2S2.